The summed E-state index contributed by atoms with van der Waals surface area (Å²) in [5, 5.41) is 15.8. The van der Waals surface area contributed by atoms with Crippen LogP contribution in [0.2, 0.25) is 0 Å². The predicted octanol–water partition coefficient (Wildman–Crippen LogP) is 3.65. The Morgan fingerprint density at radius 1 is 1.23 bits per heavy atom. The molecule has 0 unspecified atom stereocenters. The summed E-state index contributed by atoms with van der Waals surface area (Å²) < 4.78 is 18.9. The number of rotatable bonds is 6. The van der Waals surface area contributed by atoms with Crippen LogP contribution in [0.1, 0.15) is 29.5 Å². The molecule has 0 saturated carbocycles. The van der Waals surface area contributed by atoms with Crippen LogP contribution in [0.5, 0.6) is 5.75 Å². The minimum Gasteiger partial charge on any atom is -0.494 e. The summed E-state index contributed by atoms with van der Waals surface area (Å²) in [6, 6.07) is 15.2. The number of nitrogens with zero attached hydrogens (tertiary/aromatic N) is 3. The van der Waals surface area contributed by atoms with E-state index >= 15 is 0 Å². The zero-order valence-electron chi connectivity index (χ0n) is 17.9. The molecular weight excluding hydrogens is 508 g/mol. The second-order valence-corrected chi connectivity index (χ2v) is 7.40. The molecule has 0 aliphatic carbocycles. The van der Waals surface area contributed by atoms with Crippen molar-refractivity contribution >= 4 is 29.9 Å². The van der Waals surface area contributed by atoms with E-state index in [0.717, 1.165) is 49.6 Å². The lowest BCUT2D eigenvalue weighted by Gasteiger charge is -2.33. The van der Waals surface area contributed by atoms with Crippen LogP contribution in [-0.4, -0.2) is 44.1 Å². The van der Waals surface area contributed by atoms with Crippen LogP contribution in [0, 0.1) is 17.1 Å². The summed E-state index contributed by atoms with van der Waals surface area (Å²) in [4.78, 5) is 6.65. The maximum absolute atomic E-state index is 13.9. The van der Waals surface area contributed by atoms with Crippen molar-refractivity contribution in [3.8, 4) is 11.8 Å². The Morgan fingerprint density at radius 3 is 2.65 bits per heavy atom. The van der Waals surface area contributed by atoms with Crippen LogP contribution in [-0.2, 0) is 13.1 Å². The number of likely N-dealkylation sites (tertiary alicyclic amines) is 1. The number of ether oxygens (including phenoxy) is 1. The molecular formula is C23H29FIN5O. The molecule has 2 aromatic carbocycles. The zero-order chi connectivity index (χ0) is 21.3. The van der Waals surface area contributed by atoms with E-state index < -0.39 is 0 Å². The summed E-state index contributed by atoms with van der Waals surface area (Å²) in [7, 11) is 3.23. The van der Waals surface area contributed by atoms with Crippen LogP contribution in [0.25, 0.3) is 0 Å². The first-order valence-corrected chi connectivity index (χ1v) is 10.1. The summed E-state index contributed by atoms with van der Waals surface area (Å²) in [6.45, 7) is 3.21. The fourth-order valence-electron chi connectivity index (χ4n) is 3.63. The van der Waals surface area contributed by atoms with Crippen molar-refractivity contribution in [2.45, 2.75) is 32.0 Å². The monoisotopic (exact) mass is 537 g/mol. The molecule has 1 saturated heterocycles. The Hall–Kier alpha value is -2.38. The van der Waals surface area contributed by atoms with E-state index in [1.54, 1.807) is 25.2 Å². The zero-order valence-corrected chi connectivity index (χ0v) is 20.2. The third-order valence-corrected chi connectivity index (χ3v) is 5.29. The van der Waals surface area contributed by atoms with Crippen molar-refractivity contribution in [3.05, 3.63) is 65.0 Å². The van der Waals surface area contributed by atoms with Gasteiger partial charge in [-0.05, 0) is 48.2 Å². The number of nitrogens with one attached hydrogen (secondary N) is 2. The fourth-order valence-corrected chi connectivity index (χ4v) is 3.63. The number of halogens is 2. The van der Waals surface area contributed by atoms with Crippen LogP contribution >= 0.6 is 24.0 Å². The molecule has 1 aliphatic rings. The quantitative estimate of drug-likeness (QED) is 0.335. The molecule has 2 aromatic rings. The number of guanidine groups is 1. The number of nitriles is 1. The van der Waals surface area contributed by atoms with Gasteiger partial charge in [-0.25, -0.2) is 4.39 Å². The Morgan fingerprint density at radius 2 is 2.00 bits per heavy atom. The van der Waals surface area contributed by atoms with Gasteiger partial charge in [-0.15, -0.1) is 24.0 Å². The Bertz CT molecular complexity index is 922. The molecule has 31 heavy (non-hydrogen) atoms. The summed E-state index contributed by atoms with van der Waals surface area (Å²) >= 11 is 0. The average molecular weight is 537 g/mol. The van der Waals surface area contributed by atoms with Gasteiger partial charge in [0.1, 0.15) is 0 Å². The second kappa shape index (κ2) is 12.5. The van der Waals surface area contributed by atoms with Gasteiger partial charge in [-0.1, -0.05) is 18.2 Å². The molecule has 3 rings (SSSR count). The minimum absolute atomic E-state index is 0. The third kappa shape index (κ3) is 7.36. The number of methoxy groups -OCH3 is 1. The van der Waals surface area contributed by atoms with Crippen LogP contribution in [0.15, 0.2) is 47.5 Å². The molecule has 0 bridgehead atoms. The molecule has 1 fully saturated rings. The van der Waals surface area contributed by atoms with Gasteiger partial charge in [-0.3, -0.25) is 9.89 Å². The van der Waals surface area contributed by atoms with Crippen molar-refractivity contribution < 1.29 is 9.13 Å². The largest absolute Gasteiger partial charge is 0.494 e. The SMILES string of the molecule is CN=C(NCc1cccc(C#N)c1)NC1CCN(Cc2ccc(OC)c(F)c2)CC1.I. The molecule has 0 radical (unpaired) electrons. The molecule has 2 N–H and O–H groups in total. The van der Waals surface area contributed by atoms with Gasteiger partial charge in [0.05, 0.1) is 18.7 Å². The van der Waals surface area contributed by atoms with E-state index in [1.807, 2.05) is 24.3 Å². The first-order chi connectivity index (χ1) is 14.6. The van der Waals surface area contributed by atoms with Gasteiger partial charge in [0, 0.05) is 39.3 Å². The highest BCUT2D eigenvalue weighted by Crippen LogP contribution is 2.20. The maximum Gasteiger partial charge on any atom is 0.191 e. The normalized spacial score (nSPS) is 15.0. The van der Waals surface area contributed by atoms with E-state index in [0.29, 0.717) is 18.2 Å². The number of piperidine rings is 1. The molecule has 0 spiro atoms. The lowest BCUT2D eigenvalue weighted by Crippen LogP contribution is -2.48. The molecule has 0 amide bonds. The van der Waals surface area contributed by atoms with Gasteiger partial charge in [0.15, 0.2) is 17.5 Å². The third-order valence-electron chi connectivity index (χ3n) is 5.29. The van der Waals surface area contributed by atoms with Crippen molar-refractivity contribution in [2.75, 3.05) is 27.2 Å². The molecule has 1 heterocycles. The van der Waals surface area contributed by atoms with Gasteiger partial charge >= 0.3 is 0 Å². The predicted molar refractivity (Wildman–Crippen MR) is 131 cm³/mol. The second-order valence-electron chi connectivity index (χ2n) is 7.40. The van der Waals surface area contributed by atoms with Crippen LogP contribution < -0.4 is 15.4 Å². The Kier molecular flexibility index (Phi) is 10.0. The number of hydrogen-bond acceptors (Lipinski definition) is 4. The topological polar surface area (TPSA) is 72.7 Å². The fraction of sp³-hybridized carbons (Fsp3) is 0.391. The molecule has 166 valence electrons. The van der Waals surface area contributed by atoms with E-state index in [-0.39, 0.29) is 35.5 Å². The first-order valence-electron chi connectivity index (χ1n) is 10.1. The van der Waals surface area contributed by atoms with E-state index in [4.69, 9.17) is 10.00 Å². The van der Waals surface area contributed by atoms with Gasteiger partial charge in [0.2, 0.25) is 0 Å². The van der Waals surface area contributed by atoms with Crippen molar-refractivity contribution in [1.82, 2.24) is 15.5 Å². The molecule has 0 aromatic heterocycles. The standard InChI is InChI=1S/C23H28FN5O.HI/c1-26-23(27-15-18-5-3-4-17(12-18)14-25)28-20-8-10-29(11-9-20)16-19-6-7-22(30-2)21(24)13-19;/h3-7,12-13,20H,8-11,15-16H2,1-2H3,(H2,26,27,28);1H. The molecule has 8 heteroatoms. The average Bonchev–Trinajstić information content (AvgIpc) is 2.78. The van der Waals surface area contributed by atoms with Crippen LogP contribution in [0.4, 0.5) is 4.39 Å². The van der Waals surface area contributed by atoms with Gasteiger partial charge in [-0.2, -0.15) is 5.26 Å². The number of aliphatic imine (C=N–C) groups is 1. The number of benzene rings is 2. The first kappa shape index (κ1) is 24.9. The molecule has 1 aliphatic heterocycles. The highest BCUT2D eigenvalue weighted by atomic mass is 127. The van der Waals surface area contributed by atoms with Crippen LogP contribution in [0.3, 0.4) is 0 Å². The maximum atomic E-state index is 13.9. The van der Waals surface area contributed by atoms with E-state index in [2.05, 4.69) is 26.6 Å². The summed E-state index contributed by atoms with van der Waals surface area (Å²) in [5.41, 5.74) is 2.65. The lowest BCUT2D eigenvalue weighted by atomic mass is 10.0. The van der Waals surface area contributed by atoms with Gasteiger partial charge in [0.25, 0.3) is 0 Å². The minimum atomic E-state index is -0.318. The Balaban J connectivity index is 0.00000341. The lowest BCUT2D eigenvalue weighted by molar-refractivity contribution is 0.198. The van der Waals surface area contributed by atoms with E-state index in [1.165, 1.54) is 7.11 Å². The van der Waals surface area contributed by atoms with Gasteiger partial charge < -0.3 is 15.4 Å². The summed E-state index contributed by atoms with van der Waals surface area (Å²) in [6.07, 6.45) is 1.98. The molecule has 6 nitrogen and oxygen atoms in total. The van der Waals surface area contributed by atoms with Crippen molar-refractivity contribution in [3.63, 3.8) is 0 Å². The smallest absolute Gasteiger partial charge is 0.191 e. The highest BCUT2D eigenvalue weighted by molar-refractivity contribution is 14.0. The molecule has 0 atom stereocenters. The Labute approximate surface area is 200 Å². The van der Waals surface area contributed by atoms with E-state index in [9.17, 15) is 4.39 Å². The number of hydrogen-bond donors (Lipinski definition) is 2. The van der Waals surface area contributed by atoms with Crippen molar-refractivity contribution in [1.29, 1.82) is 5.26 Å². The highest BCUT2D eigenvalue weighted by Gasteiger charge is 2.20. The van der Waals surface area contributed by atoms with Crippen molar-refractivity contribution in [2.24, 2.45) is 4.99 Å². The summed E-state index contributed by atoms with van der Waals surface area (Å²) in [5.74, 6) is 0.717.